The third-order valence-electron chi connectivity index (χ3n) is 1.93. The van der Waals surface area contributed by atoms with Gasteiger partial charge in [-0.05, 0) is 36.7 Å². The molecule has 0 aliphatic carbocycles. The molecule has 1 aromatic heterocycles. The van der Waals surface area contributed by atoms with E-state index in [4.69, 9.17) is 27.9 Å². The van der Waals surface area contributed by atoms with Gasteiger partial charge in [0.2, 0.25) is 11.2 Å². The van der Waals surface area contributed by atoms with Gasteiger partial charge in [-0.3, -0.25) is 0 Å². The Labute approximate surface area is 114 Å². The molecule has 1 N–H and O–H groups in total. The van der Waals surface area contributed by atoms with Crippen LogP contribution in [0.5, 0.6) is 11.8 Å². The van der Waals surface area contributed by atoms with Gasteiger partial charge in [-0.15, -0.1) is 0 Å². The summed E-state index contributed by atoms with van der Waals surface area (Å²) in [6, 6.07) is 7.04. The Morgan fingerprint density at radius 2 is 2.06 bits per heavy atom. The fourth-order valence-corrected chi connectivity index (χ4v) is 1.58. The quantitative estimate of drug-likeness (QED) is 0.932. The first-order valence-electron chi connectivity index (χ1n) is 5.26. The molecule has 0 aliphatic heterocycles. The lowest BCUT2D eigenvalue weighted by atomic mass is 10.3. The highest BCUT2D eigenvalue weighted by Crippen LogP contribution is 2.22. The average Bonchev–Trinajstić information content (AvgIpc) is 2.28. The van der Waals surface area contributed by atoms with Crippen molar-refractivity contribution in [3.8, 4) is 11.8 Å². The first-order chi connectivity index (χ1) is 8.67. The zero-order valence-electron chi connectivity index (χ0n) is 9.52. The van der Waals surface area contributed by atoms with Crippen LogP contribution in [0.3, 0.4) is 0 Å². The summed E-state index contributed by atoms with van der Waals surface area (Å²) in [6.45, 7) is 2.60. The lowest BCUT2D eigenvalue weighted by Gasteiger charge is -2.06. The van der Waals surface area contributed by atoms with Crippen LogP contribution in [0.1, 0.15) is 6.92 Å². The van der Waals surface area contributed by atoms with Crippen LogP contribution >= 0.6 is 23.2 Å². The molecule has 0 spiro atoms. The first-order valence-corrected chi connectivity index (χ1v) is 6.02. The molecule has 94 valence electrons. The number of hydrogen-bond donors (Lipinski definition) is 1. The lowest BCUT2D eigenvalue weighted by molar-refractivity contribution is 0.440. The molecular weight excluding hydrogens is 275 g/mol. The molecule has 2 aromatic rings. The van der Waals surface area contributed by atoms with Crippen molar-refractivity contribution in [3.63, 3.8) is 0 Å². The van der Waals surface area contributed by atoms with Gasteiger partial charge in [0.1, 0.15) is 5.75 Å². The maximum atomic E-state index is 5.85. The summed E-state index contributed by atoms with van der Waals surface area (Å²) >= 11 is 11.6. The summed E-state index contributed by atoms with van der Waals surface area (Å²) in [4.78, 5) is 11.9. The van der Waals surface area contributed by atoms with Crippen LogP contribution in [0, 0.1) is 0 Å². The average molecular weight is 285 g/mol. The number of anilines is 1. The zero-order valence-corrected chi connectivity index (χ0v) is 11.0. The minimum atomic E-state index is 0.0676. The Kier molecular flexibility index (Phi) is 4.17. The number of hydrogen-bond acceptors (Lipinski definition) is 5. The van der Waals surface area contributed by atoms with E-state index >= 15 is 0 Å². The van der Waals surface area contributed by atoms with Gasteiger partial charge in [0.25, 0.3) is 0 Å². The summed E-state index contributed by atoms with van der Waals surface area (Å²) in [6.07, 6.45) is 0. The van der Waals surface area contributed by atoms with Crippen molar-refractivity contribution in [2.24, 2.45) is 0 Å². The number of ether oxygens (including phenoxy) is 1. The number of rotatable bonds is 4. The minimum Gasteiger partial charge on any atom is -0.424 e. The maximum Gasteiger partial charge on any atom is 0.328 e. The third-order valence-corrected chi connectivity index (χ3v) is 2.33. The van der Waals surface area contributed by atoms with E-state index in [1.165, 1.54) is 0 Å². The number of nitrogens with one attached hydrogen (secondary N) is 1. The highest BCUT2D eigenvalue weighted by Gasteiger charge is 2.06. The van der Waals surface area contributed by atoms with Crippen LogP contribution < -0.4 is 10.1 Å². The van der Waals surface area contributed by atoms with E-state index in [1.54, 1.807) is 24.3 Å². The molecular formula is C11H10Cl2N4O. The van der Waals surface area contributed by atoms with Crippen LogP contribution in [0.4, 0.5) is 5.95 Å². The third kappa shape index (κ3) is 3.45. The maximum absolute atomic E-state index is 5.85. The molecule has 0 radical (unpaired) electrons. The molecule has 5 nitrogen and oxygen atoms in total. The molecule has 0 unspecified atom stereocenters. The fraction of sp³-hybridized carbons (Fsp3) is 0.182. The standard InChI is InChI=1S/C11H10Cl2N4O/c1-2-14-10-15-9(13)16-11(17-10)18-8-5-3-4-7(12)6-8/h3-6H,2H2,1H3,(H,14,15,16,17). The monoisotopic (exact) mass is 284 g/mol. The number of halogens is 2. The molecule has 1 aromatic carbocycles. The van der Waals surface area contributed by atoms with Crippen molar-refractivity contribution in [1.29, 1.82) is 0 Å². The van der Waals surface area contributed by atoms with Crippen LogP contribution in [-0.2, 0) is 0 Å². The Morgan fingerprint density at radius 3 is 2.78 bits per heavy atom. The predicted octanol–water partition coefficient (Wildman–Crippen LogP) is 3.40. The molecule has 0 bridgehead atoms. The van der Waals surface area contributed by atoms with Crippen LogP contribution in [0.25, 0.3) is 0 Å². The highest BCUT2D eigenvalue weighted by atomic mass is 35.5. The Balaban J connectivity index is 2.23. The van der Waals surface area contributed by atoms with Gasteiger partial charge >= 0.3 is 6.01 Å². The van der Waals surface area contributed by atoms with Gasteiger partial charge in [0, 0.05) is 11.6 Å². The van der Waals surface area contributed by atoms with Crippen LogP contribution in [-0.4, -0.2) is 21.5 Å². The van der Waals surface area contributed by atoms with Crippen molar-refractivity contribution < 1.29 is 4.74 Å². The van der Waals surface area contributed by atoms with Gasteiger partial charge in [0.15, 0.2) is 0 Å². The SMILES string of the molecule is CCNc1nc(Cl)nc(Oc2cccc(Cl)c2)n1. The van der Waals surface area contributed by atoms with Gasteiger partial charge in [0.05, 0.1) is 0 Å². The van der Waals surface area contributed by atoms with Crippen molar-refractivity contribution >= 4 is 29.2 Å². The van der Waals surface area contributed by atoms with E-state index in [1.807, 2.05) is 6.92 Å². The molecule has 0 saturated carbocycles. The summed E-state index contributed by atoms with van der Waals surface area (Å²) in [5, 5.41) is 3.57. The molecule has 0 fully saturated rings. The number of nitrogens with zero attached hydrogens (tertiary/aromatic N) is 3. The van der Waals surface area contributed by atoms with E-state index in [9.17, 15) is 0 Å². The lowest BCUT2D eigenvalue weighted by Crippen LogP contribution is -2.04. The second kappa shape index (κ2) is 5.84. The van der Waals surface area contributed by atoms with Gasteiger partial charge in [-0.25, -0.2) is 0 Å². The van der Waals surface area contributed by atoms with Crippen molar-refractivity contribution in [3.05, 3.63) is 34.6 Å². The summed E-state index contributed by atoms with van der Waals surface area (Å²) in [5.41, 5.74) is 0. The van der Waals surface area contributed by atoms with E-state index < -0.39 is 0 Å². The van der Waals surface area contributed by atoms with Crippen LogP contribution in [0.15, 0.2) is 24.3 Å². The van der Waals surface area contributed by atoms with Crippen LogP contribution in [0.2, 0.25) is 10.3 Å². The zero-order chi connectivity index (χ0) is 13.0. The Morgan fingerprint density at radius 1 is 1.22 bits per heavy atom. The normalized spacial score (nSPS) is 10.2. The van der Waals surface area contributed by atoms with Gasteiger partial charge in [-0.2, -0.15) is 15.0 Å². The Bertz CT molecular complexity index is 550. The molecule has 1 heterocycles. The van der Waals surface area contributed by atoms with E-state index in [-0.39, 0.29) is 11.3 Å². The molecule has 7 heteroatoms. The number of aromatic nitrogens is 3. The first kappa shape index (κ1) is 12.9. The summed E-state index contributed by atoms with van der Waals surface area (Å²) in [7, 11) is 0. The molecule has 0 amide bonds. The Hall–Kier alpha value is -1.59. The van der Waals surface area contributed by atoms with E-state index in [0.29, 0.717) is 23.3 Å². The second-order valence-corrected chi connectivity index (χ2v) is 4.07. The predicted molar refractivity (Wildman–Crippen MR) is 70.5 cm³/mol. The molecule has 0 saturated heterocycles. The minimum absolute atomic E-state index is 0.0676. The van der Waals surface area contributed by atoms with E-state index in [2.05, 4.69) is 20.3 Å². The van der Waals surface area contributed by atoms with Crippen molar-refractivity contribution in [1.82, 2.24) is 15.0 Å². The smallest absolute Gasteiger partial charge is 0.328 e. The van der Waals surface area contributed by atoms with Gasteiger partial charge in [-0.1, -0.05) is 17.7 Å². The number of benzene rings is 1. The summed E-state index contributed by atoms with van der Waals surface area (Å²) < 4.78 is 5.46. The van der Waals surface area contributed by atoms with E-state index in [0.717, 1.165) is 0 Å². The molecule has 18 heavy (non-hydrogen) atoms. The largest absolute Gasteiger partial charge is 0.424 e. The van der Waals surface area contributed by atoms with Crippen molar-refractivity contribution in [2.75, 3.05) is 11.9 Å². The molecule has 0 atom stereocenters. The van der Waals surface area contributed by atoms with Gasteiger partial charge < -0.3 is 10.1 Å². The fourth-order valence-electron chi connectivity index (χ4n) is 1.25. The topological polar surface area (TPSA) is 59.9 Å². The summed E-state index contributed by atoms with van der Waals surface area (Å²) in [5.74, 6) is 0.904. The molecule has 2 rings (SSSR count). The highest BCUT2D eigenvalue weighted by molar-refractivity contribution is 6.30. The molecule has 0 aliphatic rings. The van der Waals surface area contributed by atoms with Crippen molar-refractivity contribution in [2.45, 2.75) is 6.92 Å². The second-order valence-electron chi connectivity index (χ2n) is 3.30.